The van der Waals surface area contributed by atoms with E-state index in [1.54, 1.807) is 0 Å². The number of nitrogens with one attached hydrogen (secondary N) is 1. The lowest BCUT2D eigenvalue weighted by Gasteiger charge is -2.17. The largest absolute Gasteiger partial charge is 0.371 e. The van der Waals surface area contributed by atoms with Gasteiger partial charge in [-0.1, -0.05) is 20.8 Å². The number of hydrogen-bond donors (Lipinski definition) is 2. The van der Waals surface area contributed by atoms with Crippen molar-refractivity contribution in [3.05, 3.63) is 6.23 Å². The minimum Gasteiger partial charge on any atom is -0.371 e. The number of aliphatic hydroxyl groups excluding tert-OH is 1. The van der Waals surface area contributed by atoms with Crippen LogP contribution >= 0.6 is 0 Å². The Morgan fingerprint density at radius 1 is 1.30 bits per heavy atom. The zero-order chi connectivity index (χ0) is 7.98. The summed E-state index contributed by atoms with van der Waals surface area (Å²) in [4.78, 5) is 0. The molecule has 0 aliphatic carbocycles. The summed E-state index contributed by atoms with van der Waals surface area (Å²) >= 11 is 0. The smallest absolute Gasteiger partial charge is 0.158 e. The van der Waals surface area contributed by atoms with E-state index in [0.29, 0.717) is 18.7 Å². The third kappa shape index (κ3) is 3.85. The Labute approximate surface area is 63.6 Å². The summed E-state index contributed by atoms with van der Waals surface area (Å²) in [6.45, 7) is 6.17. The lowest BCUT2D eigenvalue weighted by molar-refractivity contribution is 0.226. The first-order chi connectivity index (χ1) is 4.74. The molecule has 0 aromatic rings. The molecule has 2 heteroatoms. The molecule has 2 N–H and O–H groups in total. The zero-order valence-corrected chi connectivity index (χ0v) is 7.15. The highest BCUT2D eigenvalue weighted by Crippen LogP contribution is 2.02. The van der Waals surface area contributed by atoms with Crippen LogP contribution in [0.3, 0.4) is 0 Å². The molecule has 0 atom stereocenters. The van der Waals surface area contributed by atoms with Crippen LogP contribution in [0.15, 0.2) is 0 Å². The van der Waals surface area contributed by atoms with Crippen molar-refractivity contribution in [2.24, 2.45) is 0 Å². The molecule has 1 radical (unpaired) electrons. The van der Waals surface area contributed by atoms with E-state index in [9.17, 15) is 0 Å². The summed E-state index contributed by atoms with van der Waals surface area (Å²) in [7, 11) is 0. The van der Waals surface area contributed by atoms with Gasteiger partial charge in [0.2, 0.25) is 0 Å². The van der Waals surface area contributed by atoms with Gasteiger partial charge in [-0.15, -0.1) is 0 Å². The van der Waals surface area contributed by atoms with Crippen molar-refractivity contribution >= 4 is 0 Å². The van der Waals surface area contributed by atoms with Gasteiger partial charge >= 0.3 is 0 Å². The van der Waals surface area contributed by atoms with E-state index in [-0.39, 0.29) is 0 Å². The molecular formula is C8H18NO. The average Bonchev–Trinajstić information content (AvgIpc) is 1.99. The van der Waals surface area contributed by atoms with Gasteiger partial charge in [0, 0.05) is 6.04 Å². The third-order valence-corrected chi connectivity index (χ3v) is 1.69. The number of rotatable bonds is 5. The predicted molar refractivity (Wildman–Crippen MR) is 43.0 cm³/mol. The van der Waals surface area contributed by atoms with Crippen LogP contribution in [0.4, 0.5) is 0 Å². The molecule has 2 nitrogen and oxygen atoms in total. The average molecular weight is 144 g/mol. The lowest BCUT2D eigenvalue weighted by Crippen LogP contribution is -2.31. The Morgan fingerprint density at radius 3 is 2.10 bits per heavy atom. The maximum atomic E-state index is 9.10. The van der Waals surface area contributed by atoms with E-state index >= 15 is 0 Å². The molecule has 0 amide bonds. The van der Waals surface area contributed by atoms with Gasteiger partial charge in [-0.25, -0.2) is 0 Å². The molecule has 0 aliphatic rings. The highest BCUT2D eigenvalue weighted by atomic mass is 16.3. The molecule has 61 valence electrons. The van der Waals surface area contributed by atoms with Crippen LogP contribution in [0.1, 0.15) is 40.0 Å². The second-order valence-electron chi connectivity index (χ2n) is 2.46. The second-order valence-corrected chi connectivity index (χ2v) is 2.46. The summed E-state index contributed by atoms with van der Waals surface area (Å²) in [5.41, 5.74) is 0. The normalized spacial score (nSPS) is 11.4. The third-order valence-electron chi connectivity index (χ3n) is 1.69. The van der Waals surface area contributed by atoms with Crippen molar-refractivity contribution in [3.8, 4) is 0 Å². The van der Waals surface area contributed by atoms with Crippen molar-refractivity contribution in [1.82, 2.24) is 5.32 Å². The van der Waals surface area contributed by atoms with E-state index in [0.717, 1.165) is 12.8 Å². The van der Waals surface area contributed by atoms with Crippen LogP contribution < -0.4 is 5.32 Å². The molecule has 10 heavy (non-hydrogen) atoms. The SMILES string of the molecule is CC[C](O)NC(CC)CC. The Bertz CT molecular complexity index is 71.7. The minimum atomic E-state index is 0.411. The standard InChI is InChI=1S/C8H18NO/c1-4-7(5-2)9-8(10)6-3/h7,9-10H,4-6H2,1-3H3. The molecule has 0 aromatic carbocycles. The van der Waals surface area contributed by atoms with Gasteiger partial charge in [-0.2, -0.15) is 0 Å². The quantitative estimate of drug-likeness (QED) is 0.619. The van der Waals surface area contributed by atoms with Gasteiger partial charge in [0.15, 0.2) is 6.23 Å². The first-order valence-corrected chi connectivity index (χ1v) is 4.05. The summed E-state index contributed by atoms with van der Waals surface area (Å²) in [5, 5.41) is 12.1. The van der Waals surface area contributed by atoms with E-state index in [1.165, 1.54) is 0 Å². The Kier molecular flexibility index (Phi) is 5.64. The van der Waals surface area contributed by atoms with Gasteiger partial charge in [-0.05, 0) is 19.3 Å². The van der Waals surface area contributed by atoms with Gasteiger partial charge in [0.1, 0.15) is 0 Å². The first-order valence-electron chi connectivity index (χ1n) is 4.05. The van der Waals surface area contributed by atoms with E-state index < -0.39 is 0 Å². The van der Waals surface area contributed by atoms with Crippen molar-refractivity contribution in [3.63, 3.8) is 0 Å². The minimum absolute atomic E-state index is 0.411. The summed E-state index contributed by atoms with van der Waals surface area (Å²) in [6, 6.07) is 0.444. The van der Waals surface area contributed by atoms with E-state index in [2.05, 4.69) is 19.2 Å². The van der Waals surface area contributed by atoms with Crippen LogP contribution in [-0.4, -0.2) is 11.1 Å². The highest BCUT2D eigenvalue weighted by Gasteiger charge is 2.07. The van der Waals surface area contributed by atoms with Gasteiger partial charge in [-0.3, -0.25) is 5.32 Å². The molecule has 0 rings (SSSR count). The van der Waals surface area contributed by atoms with Crippen molar-refractivity contribution in [2.45, 2.75) is 46.1 Å². The van der Waals surface area contributed by atoms with Crippen LogP contribution in [0.25, 0.3) is 0 Å². The van der Waals surface area contributed by atoms with Crippen molar-refractivity contribution in [2.75, 3.05) is 0 Å². The summed E-state index contributed by atoms with van der Waals surface area (Å²) in [5.74, 6) is 0. The monoisotopic (exact) mass is 144 g/mol. The van der Waals surface area contributed by atoms with Gasteiger partial charge in [0.05, 0.1) is 0 Å². The number of aliphatic hydroxyl groups is 1. The summed E-state index contributed by atoms with van der Waals surface area (Å²) < 4.78 is 0. The fraction of sp³-hybridized carbons (Fsp3) is 0.875. The molecule has 0 saturated carbocycles. The van der Waals surface area contributed by atoms with Crippen molar-refractivity contribution < 1.29 is 5.11 Å². The maximum Gasteiger partial charge on any atom is 0.158 e. The molecule has 0 heterocycles. The highest BCUT2D eigenvalue weighted by molar-refractivity contribution is 4.75. The van der Waals surface area contributed by atoms with Crippen LogP contribution in [0, 0.1) is 6.23 Å². The van der Waals surface area contributed by atoms with Crippen LogP contribution in [0.5, 0.6) is 0 Å². The number of hydrogen-bond acceptors (Lipinski definition) is 2. The zero-order valence-electron chi connectivity index (χ0n) is 7.15. The fourth-order valence-corrected chi connectivity index (χ4v) is 0.830. The predicted octanol–water partition coefficient (Wildman–Crippen LogP) is 2.04. The molecule has 0 saturated heterocycles. The van der Waals surface area contributed by atoms with Gasteiger partial charge in [0.25, 0.3) is 0 Å². The molecule has 0 spiro atoms. The van der Waals surface area contributed by atoms with E-state index in [4.69, 9.17) is 5.11 Å². The Hall–Kier alpha value is -0.0800. The lowest BCUT2D eigenvalue weighted by atomic mass is 10.1. The topological polar surface area (TPSA) is 32.3 Å². The molecule has 0 aliphatic heterocycles. The molecular weight excluding hydrogens is 126 g/mol. The van der Waals surface area contributed by atoms with E-state index in [1.807, 2.05) is 6.92 Å². The van der Waals surface area contributed by atoms with Crippen LogP contribution in [-0.2, 0) is 0 Å². The van der Waals surface area contributed by atoms with Crippen molar-refractivity contribution in [1.29, 1.82) is 0 Å². The molecule has 0 aromatic heterocycles. The molecule has 0 fully saturated rings. The Balaban J connectivity index is 3.41. The first kappa shape index (κ1) is 9.92. The fourth-order valence-electron chi connectivity index (χ4n) is 0.830. The van der Waals surface area contributed by atoms with Crippen LogP contribution in [0.2, 0.25) is 0 Å². The molecule has 0 bridgehead atoms. The maximum absolute atomic E-state index is 9.10. The molecule has 0 unspecified atom stereocenters. The second kappa shape index (κ2) is 5.69. The summed E-state index contributed by atoms with van der Waals surface area (Å²) in [6.07, 6.45) is 3.26. The van der Waals surface area contributed by atoms with Gasteiger partial charge < -0.3 is 5.11 Å². The Morgan fingerprint density at radius 2 is 1.80 bits per heavy atom.